The minimum absolute atomic E-state index is 0.00112. The van der Waals surface area contributed by atoms with E-state index < -0.39 is 12.1 Å². The molecule has 0 aromatic heterocycles. The van der Waals surface area contributed by atoms with Gasteiger partial charge in [-0.05, 0) is 57.8 Å². The molecule has 2 atom stereocenters. The zero-order valence-electron chi connectivity index (χ0n) is 51.5. The van der Waals surface area contributed by atoms with Crippen molar-refractivity contribution in [3.05, 3.63) is 24.3 Å². The summed E-state index contributed by atoms with van der Waals surface area (Å²) < 4.78 is 5.49. The van der Waals surface area contributed by atoms with E-state index in [1.807, 2.05) is 0 Å². The number of esters is 1. The SMILES string of the molecule is CCCCC/C=C\C/C=C\CCCCCCCCCC(=O)OCCCCCCCCCCCCCCCCCCCC(=O)NC(CO)C(O)CCCCCCCCCCCCCCCCCCCCCCCCCCC. The highest BCUT2D eigenvalue weighted by Crippen LogP contribution is 2.19. The Kier molecular flexibility index (Phi) is 64.4. The highest BCUT2D eigenvalue weighted by atomic mass is 16.5. The van der Waals surface area contributed by atoms with Crippen LogP contribution in [0.25, 0.3) is 0 Å². The lowest BCUT2D eigenvalue weighted by Crippen LogP contribution is -2.45. The average molecular weight is 1070 g/mol. The van der Waals surface area contributed by atoms with Gasteiger partial charge in [0, 0.05) is 12.8 Å². The van der Waals surface area contributed by atoms with Crippen molar-refractivity contribution in [3.63, 3.8) is 0 Å². The van der Waals surface area contributed by atoms with Crippen molar-refractivity contribution in [1.82, 2.24) is 5.32 Å². The van der Waals surface area contributed by atoms with Crippen LogP contribution in [0.2, 0.25) is 0 Å². The Morgan fingerprint density at radius 2 is 0.658 bits per heavy atom. The number of carbonyl (C=O) groups excluding carboxylic acids is 2. The molecule has 0 saturated heterocycles. The van der Waals surface area contributed by atoms with Crippen molar-refractivity contribution in [2.45, 2.75) is 398 Å². The van der Waals surface area contributed by atoms with Gasteiger partial charge in [-0.1, -0.05) is 340 Å². The van der Waals surface area contributed by atoms with Gasteiger partial charge < -0.3 is 20.3 Å². The lowest BCUT2D eigenvalue weighted by molar-refractivity contribution is -0.143. The van der Waals surface area contributed by atoms with Gasteiger partial charge in [-0.2, -0.15) is 0 Å². The molecule has 0 saturated carbocycles. The number of hydrogen-bond acceptors (Lipinski definition) is 5. The topological polar surface area (TPSA) is 95.9 Å². The van der Waals surface area contributed by atoms with Crippen LogP contribution in [0, 0.1) is 0 Å². The molecule has 0 heterocycles. The van der Waals surface area contributed by atoms with E-state index in [1.165, 1.54) is 302 Å². The number of aliphatic hydroxyl groups is 2. The van der Waals surface area contributed by atoms with Crippen LogP contribution in [0.15, 0.2) is 24.3 Å². The van der Waals surface area contributed by atoms with Crippen molar-refractivity contribution >= 4 is 11.9 Å². The van der Waals surface area contributed by atoms with Crippen LogP contribution in [-0.4, -0.2) is 47.4 Å². The maximum Gasteiger partial charge on any atom is 0.305 e. The van der Waals surface area contributed by atoms with Crippen molar-refractivity contribution in [3.8, 4) is 0 Å². The first-order chi connectivity index (χ1) is 37.5. The number of rotatable bonds is 65. The number of aliphatic hydroxyl groups excluding tert-OH is 2. The smallest absolute Gasteiger partial charge is 0.305 e. The van der Waals surface area contributed by atoms with Crippen molar-refractivity contribution in [2.75, 3.05) is 13.2 Å². The van der Waals surface area contributed by atoms with Crippen LogP contribution < -0.4 is 5.32 Å². The van der Waals surface area contributed by atoms with Gasteiger partial charge in [0.1, 0.15) is 0 Å². The monoisotopic (exact) mass is 1070 g/mol. The number of unbranched alkanes of at least 4 members (excludes halogenated alkanes) is 50. The van der Waals surface area contributed by atoms with Gasteiger partial charge in [-0.25, -0.2) is 0 Å². The Labute approximate surface area is 475 Å². The van der Waals surface area contributed by atoms with Crippen LogP contribution in [0.3, 0.4) is 0 Å². The number of ether oxygens (including phenoxy) is 1. The van der Waals surface area contributed by atoms with Gasteiger partial charge in [-0.15, -0.1) is 0 Å². The molecule has 6 nitrogen and oxygen atoms in total. The van der Waals surface area contributed by atoms with E-state index in [-0.39, 0.29) is 18.5 Å². The zero-order valence-corrected chi connectivity index (χ0v) is 51.5. The summed E-state index contributed by atoms with van der Waals surface area (Å²) in [6.07, 6.45) is 82.1. The van der Waals surface area contributed by atoms with Gasteiger partial charge in [0.25, 0.3) is 0 Å². The molecule has 0 bridgehead atoms. The minimum Gasteiger partial charge on any atom is -0.466 e. The van der Waals surface area contributed by atoms with Crippen molar-refractivity contribution in [1.29, 1.82) is 0 Å². The predicted octanol–water partition coefficient (Wildman–Crippen LogP) is 22.1. The molecule has 0 aromatic rings. The van der Waals surface area contributed by atoms with Gasteiger partial charge in [0.15, 0.2) is 0 Å². The summed E-state index contributed by atoms with van der Waals surface area (Å²) in [5.74, 6) is -0.0369. The van der Waals surface area contributed by atoms with Crippen LogP contribution >= 0.6 is 0 Å². The summed E-state index contributed by atoms with van der Waals surface area (Å²) in [4.78, 5) is 24.6. The third-order valence-corrected chi connectivity index (χ3v) is 16.3. The first kappa shape index (κ1) is 74.3. The normalized spacial score (nSPS) is 12.6. The Morgan fingerprint density at radius 1 is 0.368 bits per heavy atom. The molecule has 0 aliphatic heterocycles. The van der Waals surface area contributed by atoms with Gasteiger partial charge >= 0.3 is 5.97 Å². The van der Waals surface area contributed by atoms with E-state index >= 15 is 0 Å². The van der Waals surface area contributed by atoms with Gasteiger partial charge in [0.05, 0.1) is 25.4 Å². The molecule has 0 radical (unpaired) electrons. The molecule has 3 N–H and O–H groups in total. The molecule has 0 fully saturated rings. The molecular weight excluding hydrogens is 935 g/mol. The average Bonchev–Trinajstić information content (AvgIpc) is 3.42. The fourth-order valence-electron chi connectivity index (χ4n) is 11.0. The highest BCUT2D eigenvalue weighted by Gasteiger charge is 2.20. The number of hydrogen-bond donors (Lipinski definition) is 3. The fourth-order valence-corrected chi connectivity index (χ4v) is 11.0. The third kappa shape index (κ3) is 61.6. The second-order valence-electron chi connectivity index (χ2n) is 23.9. The molecule has 0 aromatic carbocycles. The lowest BCUT2D eigenvalue weighted by Gasteiger charge is -2.22. The number of carbonyl (C=O) groups is 2. The summed E-state index contributed by atoms with van der Waals surface area (Å²) >= 11 is 0. The second kappa shape index (κ2) is 65.9. The summed E-state index contributed by atoms with van der Waals surface area (Å²) in [7, 11) is 0. The standard InChI is InChI=1S/C70H135NO5/c1-3-5-7-9-11-13-15-17-19-21-22-23-24-25-26-27-28-31-34-38-42-46-50-54-58-62-68(73)67(66-72)71-69(74)63-59-55-51-47-43-39-35-32-29-33-37-41-45-49-53-57-61-65-76-70(75)64-60-56-52-48-44-40-36-30-20-18-16-14-12-10-8-6-4-2/h12,14,18,20,67-68,72-73H,3-11,13,15-17,19,21-66H2,1-2H3,(H,71,74)/b14-12-,20-18-. The third-order valence-electron chi connectivity index (χ3n) is 16.3. The quantitative estimate of drug-likeness (QED) is 0.0320. The first-order valence-electron chi connectivity index (χ1n) is 34.6. The Balaban J connectivity index is 3.41. The maximum absolute atomic E-state index is 12.6. The minimum atomic E-state index is -0.670. The molecule has 0 spiro atoms. The fraction of sp³-hybridized carbons (Fsp3) is 0.914. The van der Waals surface area contributed by atoms with Crippen LogP contribution in [0.5, 0.6) is 0 Å². The van der Waals surface area contributed by atoms with Crippen molar-refractivity contribution < 1.29 is 24.5 Å². The summed E-state index contributed by atoms with van der Waals surface area (Å²) in [5.41, 5.74) is 0. The summed E-state index contributed by atoms with van der Waals surface area (Å²) in [6, 6.07) is -0.547. The summed E-state index contributed by atoms with van der Waals surface area (Å²) in [6.45, 7) is 4.95. The first-order valence-corrected chi connectivity index (χ1v) is 34.6. The molecule has 6 heteroatoms. The van der Waals surface area contributed by atoms with Crippen LogP contribution in [0.4, 0.5) is 0 Å². The maximum atomic E-state index is 12.6. The molecule has 450 valence electrons. The molecule has 1 amide bonds. The predicted molar refractivity (Wildman–Crippen MR) is 333 cm³/mol. The van der Waals surface area contributed by atoms with Crippen molar-refractivity contribution in [2.24, 2.45) is 0 Å². The zero-order chi connectivity index (χ0) is 55.0. The second-order valence-corrected chi connectivity index (χ2v) is 23.9. The molecule has 0 rings (SSSR count). The van der Waals surface area contributed by atoms with E-state index in [2.05, 4.69) is 43.5 Å². The Bertz CT molecular complexity index is 1190. The van der Waals surface area contributed by atoms with E-state index in [1.54, 1.807) is 0 Å². The number of nitrogens with one attached hydrogen (secondary N) is 1. The molecule has 76 heavy (non-hydrogen) atoms. The largest absolute Gasteiger partial charge is 0.466 e. The van der Waals surface area contributed by atoms with E-state index in [0.717, 1.165) is 51.4 Å². The molecule has 0 aliphatic rings. The Morgan fingerprint density at radius 3 is 1.03 bits per heavy atom. The summed E-state index contributed by atoms with van der Waals surface area (Å²) in [5, 5.41) is 23.4. The molecular formula is C70H135NO5. The van der Waals surface area contributed by atoms with Gasteiger partial charge in [0.2, 0.25) is 5.91 Å². The van der Waals surface area contributed by atoms with E-state index in [9.17, 15) is 19.8 Å². The van der Waals surface area contributed by atoms with Crippen LogP contribution in [0.1, 0.15) is 386 Å². The van der Waals surface area contributed by atoms with E-state index in [4.69, 9.17) is 4.74 Å². The molecule has 2 unspecified atom stereocenters. The van der Waals surface area contributed by atoms with E-state index in [0.29, 0.717) is 25.9 Å². The lowest BCUT2D eigenvalue weighted by atomic mass is 10.0. The van der Waals surface area contributed by atoms with Crippen LogP contribution in [-0.2, 0) is 14.3 Å². The molecule has 0 aliphatic carbocycles. The number of amides is 1. The highest BCUT2D eigenvalue weighted by molar-refractivity contribution is 5.76. The van der Waals surface area contributed by atoms with Gasteiger partial charge in [-0.3, -0.25) is 9.59 Å². The number of allylic oxidation sites excluding steroid dienone is 4. The Hall–Kier alpha value is -1.66.